The SMILES string of the molecule is NC(=NOC(=O)CCC1CCCC1)c1cc[nH+]cc1. The summed E-state index contributed by atoms with van der Waals surface area (Å²) in [5.41, 5.74) is 6.44. The lowest BCUT2D eigenvalue weighted by Crippen LogP contribution is -2.16. The number of hydrogen-bond donors (Lipinski definition) is 1. The number of aromatic nitrogens is 1. The predicted octanol–water partition coefficient (Wildman–Crippen LogP) is 1.63. The summed E-state index contributed by atoms with van der Waals surface area (Å²) < 4.78 is 0. The number of H-pyrrole nitrogens is 1. The first-order chi connectivity index (χ1) is 9.25. The van der Waals surface area contributed by atoms with Crippen LogP contribution in [0.3, 0.4) is 0 Å². The molecule has 1 saturated carbocycles. The Hall–Kier alpha value is -1.91. The highest BCUT2D eigenvalue weighted by Crippen LogP contribution is 2.28. The first-order valence-corrected chi connectivity index (χ1v) is 6.75. The van der Waals surface area contributed by atoms with Crippen LogP contribution in [0.4, 0.5) is 0 Å². The molecule has 1 heterocycles. The number of amidine groups is 1. The fourth-order valence-corrected chi connectivity index (χ4v) is 2.38. The Kier molecular flexibility index (Phi) is 4.89. The van der Waals surface area contributed by atoms with Gasteiger partial charge in [0.05, 0.1) is 0 Å². The fourth-order valence-electron chi connectivity index (χ4n) is 2.38. The molecule has 1 aliphatic rings. The summed E-state index contributed by atoms with van der Waals surface area (Å²) in [7, 11) is 0. The summed E-state index contributed by atoms with van der Waals surface area (Å²) in [4.78, 5) is 19.3. The number of carbonyl (C=O) groups is 1. The van der Waals surface area contributed by atoms with Gasteiger partial charge in [0.1, 0.15) is 0 Å². The third-order valence-electron chi connectivity index (χ3n) is 3.49. The molecule has 0 aliphatic heterocycles. The van der Waals surface area contributed by atoms with E-state index in [0.29, 0.717) is 12.3 Å². The van der Waals surface area contributed by atoms with Crippen LogP contribution in [-0.2, 0) is 9.63 Å². The third kappa shape index (κ3) is 4.35. The maximum absolute atomic E-state index is 11.5. The molecule has 0 saturated heterocycles. The molecule has 1 aromatic rings. The van der Waals surface area contributed by atoms with Gasteiger partial charge in [0.25, 0.3) is 0 Å². The standard InChI is InChI=1S/C14H19N3O2/c15-14(12-7-9-16-10-8-12)17-19-13(18)6-5-11-3-1-2-4-11/h7-11H,1-6H2,(H2,15,17)/p+1. The molecular formula is C14H20N3O2+. The number of oxime groups is 1. The lowest BCUT2D eigenvalue weighted by molar-refractivity contribution is -0.378. The van der Waals surface area contributed by atoms with Gasteiger partial charge in [-0.3, -0.25) is 0 Å². The van der Waals surface area contributed by atoms with Gasteiger partial charge in [-0.15, -0.1) is 0 Å². The van der Waals surface area contributed by atoms with E-state index in [4.69, 9.17) is 10.6 Å². The van der Waals surface area contributed by atoms with Crippen LogP contribution in [0, 0.1) is 5.92 Å². The van der Waals surface area contributed by atoms with Gasteiger partial charge in [0, 0.05) is 24.1 Å². The Morgan fingerprint density at radius 2 is 2.05 bits per heavy atom. The van der Waals surface area contributed by atoms with Gasteiger partial charge in [0.2, 0.25) is 0 Å². The van der Waals surface area contributed by atoms with E-state index in [1.807, 2.05) is 0 Å². The minimum atomic E-state index is -0.308. The molecule has 5 heteroatoms. The summed E-state index contributed by atoms with van der Waals surface area (Å²) in [6.45, 7) is 0. The fraction of sp³-hybridized carbons (Fsp3) is 0.500. The lowest BCUT2D eigenvalue weighted by Gasteiger charge is -2.06. The number of carbonyl (C=O) groups excluding carboxylic acids is 1. The van der Waals surface area contributed by atoms with Crippen molar-refractivity contribution in [3.63, 3.8) is 0 Å². The van der Waals surface area contributed by atoms with Gasteiger partial charge in [-0.2, -0.15) is 0 Å². The van der Waals surface area contributed by atoms with E-state index in [2.05, 4.69) is 10.1 Å². The maximum Gasteiger partial charge on any atom is 0.335 e. The van der Waals surface area contributed by atoms with Crippen LogP contribution >= 0.6 is 0 Å². The van der Waals surface area contributed by atoms with E-state index < -0.39 is 0 Å². The van der Waals surface area contributed by atoms with Crippen molar-refractivity contribution in [3.8, 4) is 0 Å². The molecule has 5 nitrogen and oxygen atoms in total. The van der Waals surface area contributed by atoms with Gasteiger partial charge in [-0.05, 0) is 12.3 Å². The second kappa shape index (κ2) is 6.87. The molecule has 2 rings (SSSR count). The summed E-state index contributed by atoms with van der Waals surface area (Å²) in [6, 6.07) is 3.54. The normalized spacial score (nSPS) is 16.5. The van der Waals surface area contributed by atoms with Crippen molar-refractivity contribution in [1.29, 1.82) is 0 Å². The van der Waals surface area contributed by atoms with Crippen LogP contribution < -0.4 is 10.7 Å². The molecule has 3 N–H and O–H groups in total. The first-order valence-electron chi connectivity index (χ1n) is 6.75. The highest BCUT2D eigenvalue weighted by atomic mass is 16.7. The van der Waals surface area contributed by atoms with E-state index in [0.717, 1.165) is 12.0 Å². The molecule has 0 bridgehead atoms. The first kappa shape index (κ1) is 13.5. The van der Waals surface area contributed by atoms with Crippen molar-refractivity contribution in [2.45, 2.75) is 38.5 Å². The van der Waals surface area contributed by atoms with Crippen LogP contribution in [-0.4, -0.2) is 11.8 Å². The molecule has 19 heavy (non-hydrogen) atoms. The van der Waals surface area contributed by atoms with E-state index in [9.17, 15) is 4.79 Å². The number of nitrogens with two attached hydrogens (primary N) is 1. The summed E-state index contributed by atoms with van der Waals surface area (Å²) >= 11 is 0. The topological polar surface area (TPSA) is 78.8 Å². The van der Waals surface area contributed by atoms with Crippen molar-refractivity contribution < 1.29 is 14.6 Å². The molecule has 102 valence electrons. The second-order valence-electron chi connectivity index (χ2n) is 4.92. The van der Waals surface area contributed by atoms with Gasteiger partial charge >= 0.3 is 5.97 Å². The van der Waals surface area contributed by atoms with Crippen molar-refractivity contribution in [2.75, 3.05) is 0 Å². The van der Waals surface area contributed by atoms with Gasteiger partial charge < -0.3 is 10.6 Å². The molecule has 1 fully saturated rings. The molecule has 0 amide bonds. The van der Waals surface area contributed by atoms with Crippen LogP contribution in [0.2, 0.25) is 0 Å². The largest absolute Gasteiger partial charge is 0.380 e. The van der Waals surface area contributed by atoms with Crippen LogP contribution in [0.5, 0.6) is 0 Å². The number of nitrogens with one attached hydrogen (secondary N) is 1. The highest BCUT2D eigenvalue weighted by molar-refractivity contribution is 5.97. The highest BCUT2D eigenvalue weighted by Gasteiger charge is 2.16. The third-order valence-corrected chi connectivity index (χ3v) is 3.49. The molecule has 0 spiro atoms. The Labute approximate surface area is 112 Å². The molecular weight excluding hydrogens is 242 g/mol. The number of aromatic amines is 1. The predicted molar refractivity (Wildman–Crippen MR) is 71.0 cm³/mol. The minimum Gasteiger partial charge on any atom is -0.380 e. The molecule has 1 aromatic heterocycles. The molecule has 0 atom stereocenters. The maximum atomic E-state index is 11.5. The smallest absolute Gasteiger partial charge is 0.335 e. The number of hydrogen-bond acceptors (Lipinski definition) is 3. The number of nitrogens with zero attached hydrogens (tertiary/aromatic N) is 1. The Morgan fingerprint density at radius 1 is 1.37 bits per heavy atom. The van der Waals surface area contributed by atoms with Crippen molar-refractivity contribution in [1.82, 2.24) is 0 Å². The second-order valence-corrected chi connectivity index (χ2v) is 4.92. The van der Waals surface area contributed by atoms with Crippen LogP contribution in [0.15, 0.2) is 29.7 Å². The monoisotopic (exact) mass is 262 g/mol. The molecule has 0 radical (unpaired) electrons. The summed E-state index contributed by atoms with van der Waals surface area (Å²) in [5, 5.41) is 3.67. The van der Waals surface area contributed by atoms with Crippen LogP contribution in [0.25, 0.3) is 0 Å². The van der Waals surface area contributed by atoms with Crippen LogP contribution in [0.1, 0.15) is 44.1 Å². The number of rotatable bonds is 5. The van der Waals surface area contributed by atoms with E-state index in [1.165, 1.54) is 25.7 Å². The van der Waals surface area contributed by atoms with Gasteiger partial charge in [-0.1, -0.05) is 30.8 Å². The van der Waals surface area contributed by atoms with Gasteiger partial charge in [0.15, 0.2) is 18.2 Å². The van der Waals surface area contributed by atoms with Crippen molar-refractivity contribution in [3.05, 3.63) is 30.1 Å². The number of pyridine rings is 1. The minimum absolute atomic E-state index is 0.211. The summed E-state index contributed by atoms with van der Waals surface area (Å²) in [6.07, 6.45) is 9.84. The quantitative estimate of drug-likeness (QED) is 0.379. The van der Waals surface area contributed by atoms with Crippen molar-refractivity contribution in [2.24, 2.45) is 16.8 Å². The Bertz CT molecular complexity index is 439. The van der Waals surface area contributed by atoms with E-state index >= 15 is 0 Å². The average Bonchev–Trinajstić information content (AvgIpc) is 2.96. The summed E-state index contributed by atoms with van der Waals surface area (Å²) in [5.74, 6) is 0.582. The Morgan fingerprint density at radius 3 is 2.74 bits per heavy atom. The zero-order valence-corrected chi connectivity index (χ0v) is 11.0. The van der Waals surface area contributed by atoms with Crippen molar-refractivity contribution >= 4 is 11.8 Å². The zero-order valence-electron chi connectivity index (χ0n) is 11.0. The molecule has 1 aliphatic carbocycles. The molecule has 0 aromatic carbocycles. The van der Waals surface area contributed by atoms with Gasteiger partial charge in [-0.25, -0.2) is 9.78 Å². The molecule has 0 unspecified atom stereocenters. The average molecular weight is 262 g/mol. The zero-order chi connectivity index (χ0) is 13.5. The van der Waals surface area contributed by atoms with E-state index in [-0.39, 0.29) is 11.8 Å². The van der Waals surface area contributed by atoms with E-state index in [1.54, 1.807) is 24.5 Å². The lowest BCUT2D eigenvalue weighted by atomic mass is 10.0. The Balaban J connectivity index is 1.76.